The number of methoxy groups -OCH3 is 1. The van der Waals surface area contributed by atoms with E-state index >= 15 is 0 Å². The number of carbonyl (C=O) groups is 1. The minimum Gasteiger partial charge on any atom is -0.496 e. The average molecular weight is 409 g/mol. The van der Waals surface area contributed by atoms with Crippen LogP contribution >= 0.6 is 0 Å². The molecule has 1 aromatic heterocycles. The standard InChI is InChI=1S/C25H19N3O3/c1-3-17-8-7-9-19(12-17)28-25-21-13-18(23(30-2)15-22(21)26-16-27-25)14-24(29)31-20-10-5-4-6-11-20/h1,4-13,15-16H,14H2,2H3,(H,26,27,28). The number of ether oxygens (including phenoxy) is 2. The third kappa shape index (κ3) is 4.62. The number of carbonyl (C=O) groups excluding carboxylic acids is 1. The number of rotatable bonds is 6. The van der Waals surface area contributed by atoms with Gasteiger partial charge in [0.15, 0.2) is 0 Å². The first kappa shape index (κ1) is 19.9. The summed E-state index contributed by atoms with van der Waals surface area (Å²) >= 11 is 0. The summed E-state index contributed by atoms with van der Waals surface area (Å²) in [7, 11) is 1.55. The van der Waals surface area contributed by atoms with Gasteiger partial charge in [0.2, 0.25) is 0 Å². The minimum absolute atomic E-state index is 0.0366. The molecule has 0 amide bonds. The number of aromatic nitrogens is 2. The number of fused-ring (bicyclic) bond motifs is 1. The van der Waals surface area contributed by atoms with Gasteiger partial charge in [0.1, 0.15) is 23.6 Å². The summed E-state index contributed by atoms with van der Waals surface area (Å²) in [5.41, 5.74) is 2.92. The second-order valence-electron chi connectivity index (χ2n) is 6.72. The van der Waals surface area contributed by atoms with Gasteiger partial charge in [-0.15, -0.1) is 6.42 Å². The SMILES string of the molecule is C#Cc1cccc(Nc2ncnc3cc(OC)c(CC(=O)Oc4ccccc4)cc23)c1. The average Bonchev–Trinajstić information content (AvgIpc) is 2.80. The topological polar surface area (TPSA) is 73.3 Å². The molecule has 31 heavy (non-hydrogen) atoms. The van der Waals surface area contributed by atoms with Gasteiger partial charge in [0.25, 0.3) is 0 Å². The second kappa shape index (κ2) is 8.97. The molecule has 0 aliphatic heterocycles. The van der Waals surface area contributed by atoms with Crippen LogP contribution in [0.25, 0.3) is 10.9 Å². The summed E-state index contributed by atoms with van der Waals surface area (Å²) < 4.78 is 10.9. The number of hydrogen-bond donors (Lipinski definition) is 1. The Morgan fingerprint density at radius 1 is 1.06 bits per heavy atom. The summed E-state index contributed by atoms with van der Waals surface area (Å²) in [6.07, 6.45) is 7.00. The van der Waals surface area contributed by atoms with Gasteiger partial charge in [-0.25, -0.2) is 9.97 Å². The largest absolute Gasteiger partial charge is 0.496 e. The fourth-order valence-electron chi connectivity index (χ4n) is 3.19. The van der Waals surface area contributed by atoms with Crippen molar-refractivity contribution in [3.63, 3.8) is 0 Å². The maximum Gasteiger partial charge on any atom is 0.315 e. The third-order valence-corrected chi connectivity index (χ3v) is 4.64. The molecule has 152 valence electrons. The van der Waals surface area contributed by atoms with Gasteiger partial charge in [-0.1, -0.05) is 30.2 Å². The monoisotopic (exact) mass is 409 g/mol. The maximum absolute atomic E-state index is 12.5. The molecule has 0 aliphatic carbocycles. The van der Waals surface area contributed by atoms with Gasteiger partial charge in [-0.2, -0.15) is 0 Å². The van der Waals surface area contributed by atoms with Crippen molar-refractivity contribution in [1.29, 1.82) is 0 Å². The van der Waals surface area contributed by atoms with Gasteiger partial charge in [0.05, 0.1) is 19.0 Å². The Kier molecular flexibility index (Phi) is 5.77. The van der Waals surface area contributed by atoms with E-state index in [0.717, 1.165) is 16.6 Å². The van der Waals surface area contributed by atoms with Crippen LogP contribution in [0.5, 0.6) is 11.5 Å². The van der Waals surface area contributed by atoms with Crippen molar-refractivity contribution in [1.82, 2.24) is 9.97 Å². The summed E-state index contributed by atoms with van der Waals surface area (Å²) in [6, 6.07) is 20.0. The molecule has 4 rings (SSSR count). The zero-order chi connectivity index (χ0) is 21.6. The number of para-hydroxylation sites is 1. The molecule has 0 saturated carbocycles. The Balaban J connectivity index is 1.66. The smallest absolute Gasteiger partial charge is 0.315 e. The molecule has 0 saturated heterocycles. The highest BCUT2D eigenvalue weighted by atomic mass is 16.5. The lowest BCUT2D eigenvalue weighted by atomic mass is 10.1. The van der Waals surface area contributed by atoms with E-state index < -0.39 is 5.97 Å². The van der Waals surface area contributed by atoms with Crippen molar-refractivity contribution in [3.8, 4) is 23.8 Å². The molecule has 1 N–H and O–H groups in total. The van der Waals surface area contributed by atoms with Crippen molar-refractivity contribution in [2.24, 2.45) is 0 Å². The second-order valence-corrected chi connectivity index (χ2v) is 6.72. The van der Waals surface area contributed by atoms with Gasteiger partial charge in [-0.05, 0) is 36.4 Å². The predicted octanol–water partition coefficient (Wildman–Crippen LogP) is 4.51. The molecule has 3 aromatic carbocycles. The zero-order valence-electron chi connectivity index (χ0n) is 16.8. The summed E-state index contributed by atoms with van der Waals surface area (Å²) in [5.74, 6) is 3.86. The zero-order valence-corrected chi connectivity index (χ0v) is 16.8. The number of anilines is 2. The number of nitrogens with zero attached hydrogens (tertiary/aromatic N) is 2. The molecule has 1 heterocycles. The Labute approximate surface area is 179 Å². The first-order chi connectivity index (χ1) is 15.2. The molecule has 0 bridgehead atoms. The van der Waals surface area contributed by atoms with Crippen molar-refractivity contribution >= 4 is 28.4 Å². The molecule has 6 nitrogen and oxygen atoms in total. The molecule has 0 unspecified atom stereocenters. The first-order valence-corrected chi connectivity index (χ1v) is 9.57. The molecule has 4 aromatic rings. The lowest BCUT2D eigenvalue weighted by Crippen LogP contribution is -2.12. The van der Waals surface area contributed by atoms with Crippen molar-refractivity contribution in [2.45, 2.75) is 6.42 Å². The van der Waals surface area contributed by atoms with Crippen LogP contribution in [0.4, 0.5) is 11.5 Å². The third-order valence-electron chi connectivity index (χ3n) is 4.64. The molecule has 0 fully saturated rings. The highest BCUT2D eigenvalue weighted by molar-refractivity contribution is 5.93. The number of nitrogens with one attached hydrogen (secondary N) is 1. The van der Waals surface area contributed by atoms with Crippen LogP contribution in [0.2, 0.25) is 0 Å². The lowest BCUT2D eigenvalue weighted by molar-refractivity contribution is -0.133. The molecule has 0 radical (unpaired) electrons. The molecule has 0 atom stereocenters. The van der Waals surface area contributed by atoms with Crippen molar-refractivity contribution in [3.05, 3.63) is 84.2 Å². The quantitative estimate of drug-likeness (QED) is 0.287. The summed E-state index contributed by atoms with van der Waals surface area (Å²) in [5, 5.41) is 4.02. The Hall–Kier alpha value is -4.37. The number of esters is 1. The molecule has 0 spiro atoms. The van der Waals surface area contributed by atoms with Crippen LogP contribution in [0, 0.1) is 12.3 Å². The normalized spacial score (nSPS) is 10.3. The minimum atomic E-state index is -0.392. The fourth-order valence-corrected chi connectivity index (χ4v) is 3.19. The number of terminal acetylenes is 1. The molecular formula is C25H19N3O3. The van der Waals surface area contributed by atoms with Gasteiger partial charge in [-0.3, -0.25) is 4.79 Å². The molecule has 6 heteroatoms. The summed E-state index contributed by atoms with van der Waals surface area (Å²) in [4.78, 5) is 21.2. The maximum atomic E-state index is 12.5. The predicted molar refractivity (Wildman–Crippen MR) is 120 cm³/mol. The van der Waals surface area contributed by atoms with Gasteiger partial charge in [0, 0.05) is 28.3 Å². The van der Waals surface area contributed by atoms with Crippen LogP contribution in [-0.4, -0.2) is 23.0 Å². The van der Waals surface area contributed by atoms with Crippen LogP contribution in [-0.2, 0) is 11.2 Å². The Morgan fingerprint density at radius 3 is 2.68 bits per heavy atom. The molecule has 0 aliphatic rings. The van der Waals surface area contributed by atoms with E-state index in [2.05, 4.69) is 21.2 Å². The van der Waals surface area contributed by atoms with Crippen molar-refractivity contribution < 1.29 is 14.3 Å². The van der Waals surface area contributed by atoms with E-state index in [-0.39, 0.29) is 6.42 Å². The summed E-state index contributed by atoms with van der Waals surface area (Å²) in [6.45, 7) is 0. The van der Waals surface area contributed by atoms with E-state index in [1.807, 2.05) is 48.5 Å². The molecular weight excluding hydrogens is 390 g/mol. The van der Waals surface area contributed by atoms with E-state index in [1.165, 1.54) is 6.33 Å². The van der Waals surface area contributed by atoms with E-state index in [4.69, 9.17) is 15.9 Å². The Morgan fingerprint density at radius 2 is 1.90 bits per heavy atom. The van der Waals surface area contributed by atoms with E-state index in [9.17, 15) is 4.79 Å². The first-order valence-electron chi connectivity index (χ1n) is 9.57. The van der Waals surface area contributed by atoms with Gasteiger partial charge >= 0.3 is 5.97 Å². The highest BCUT2D eigenvalue weighted by Crippen LogP contribution is 2.30. The van der Waals surface area contributed by atoms with Crippen LogP contribution in [0.1, 0.15) is 11.1 Å². The fraction of sp³-hybridized carbons (Fsp3) is 0.0800. The lowest BCUT2D eigenvalue weighted by Gasteiger charge is -2.13. The number of benzene rings is 3. The van der Waals surface area contributed by atoms with E-state index in [1.54, 1.807) is 25.3 Å². The van der Waals surface area contributed by atoms with Crippen LogP contribution < -0.4 is 14.8 Å². The van der Waals surface area contributed by atoms with E-state index in [0.29, 0.717) is 28.4 Å². The van der Waals surface area contributed by atoms with Crippen LogP contribution in [0.3, 0.4) is 0 Å². The van der Waals surface area contributed by atoms with Crippen molar-refractivity contribution in [2.75, 3.05) is 12.4 Å². The Bertz CT molecular complexity index is 1280. The van der Waals surface area contributed by atoms with Gasteiger partial charge < -0.3 is 14.8 Å². The highest BCUT2D eigenvalue weighted by Gasteiger charge is 2.15. The number of hydrogen-bond acceptors (Lipinski definition) is 6. The van der Waals surface area contributed by atoms with Crippen LogP contribution in [0.15, 0.2) is 73.1 Å².